The van der Waals surface area contributed by atoms with Crippen molar-refractivity contribution in [1.29, 1.82) is 5.26 Å². The van der Waals surface area contributed by atoms with E-state index < -0.39 is 5.91 Å². The normalized spacial score (nSPS) is 11.0. The molecule has 0 saturated heterocycles. The molecule has 0 spiro atoms. The highest BCUT2D eigenvalue weighted by atomic mass is 79.9. The number of carbonyl (C=O) groups is 1. The maximum absolute atomic E-state index is 12.4. The van der Waals surface area contributed by atoms with Crippen LogP contribution >= 0.6 is 31.9 Å². The van der Waals surface area contributed by atoms with Crippen molar-refractivity contribution in [2.75, 3.05) is 5.32 Å². The lowest BCUT2D eigenvalue weighted by Gasteiger charge is -2.08. The Bertz CT molecular complexity index is 1110. The first-order chi connectivity index (χ1) is 14.0. The van der Waals surface area contributed by atoms with Crippen molar-refractivity contribution >= 4 is 49.5 Å². The third-order valence-corrected chi connectivity index (χ3v) is 5.91. The molecule has 3 rings (SSSR count). The Morgan fingerprint density at radius 1 is 1.00 bits per heavy atom. The second kappa shape index (κ2) is 9.69. The zero-order chi connectivity index (χ0) is 20.8. The van der Waals surface area contributed by atoms with Crippen LogP contribution in [0.5, 0.6) is 0 Å². The molecular formula is C24H18Br2N2O. The molecule has 144 valence electrons. The lowest BCUT2D eigenvalue weighted by molar-refractivity contribution is -0.112. The molecule has 3 aromatic rings. The van der Waals surface area contributed by atoms with Crippen molar-refractivity contribution in [3.05, 3.63) is 104 Å². The minimum Gasteiger partial charge on any atom is -0.321 e. The van der Waals surface area contributed by atoms with Crippen molar-refractivity contribution < 1.29 is 4.79 Å². The molecule has 0 unspecified atom stereocenters. The number of rotatable bonds is 5. The molecule has 0 fully saturated rings. The predicted molar refractivity (Wildman–Crippen MR) is 124 cm³/mol. The Morgan fingerprint density at radius 3 is 2.34 bits per heavy atom. The fourth-order valence-corrected chi connectivity index (χ4v) is 3.76. The van der Waals surface area contributed by atoms with E-state index in [0.29, 0.717) is 5.69 Å². The number of halogens is 2. The summed E-state index contributed by atoms with van der Waals surface area (Å²) in [6, 6.07) is 23.4. The number of nitrogens with zero attached hydrogens (tertiary/aromatic N) is 1. The van der Waals surface area contributed by atoms with Gasteiger partial charge < -0.3 is 5.32 Å². The Labute approximate surface area is 187 Å². The monoisotopic (exact) mass is 508 g/mol. The molecule has 29 heavy (non-hydrogen) atoms. The molecule has 0 bridgehead atoms. The largest absolute Gasteiger partial charge is 0.321 e. The summed E-state index contributed by atoms with van der Waals surface area (Å²) in [5, 5.41) is 12.2. The van der Waals surface area contributed by atoms with Crippen molar-refractivity contribution in [3.8, 4) is 6.07 Å². The molecule has 1 N–H and O–H groups in total. The number of hydrogen-bond acceptors (Lipinski definition) is 2. The molecular weight excluding hydrogens is 492 g/mol. The lowest BCUT2D eigenvalue weighted by atomic mass is 10.0. The standard InChI is InChI=1S/C24H18Br2N2O/c1-16-6-10-21(11-7-16)28-24(29)20(15-27)12-17-8-9-19(23(26)13-17)14-18-4-2-3-5-22(18)25/h2-13H,14H2,1H3,(H,28,29)/b20-12+. The van der Waals surface area contributed by atoms with Crippen LogP contribution < -0.4 is 5.32 Å². The zero-order valence-electron chi connectivity index (χ0n) is 15.7. The van der Waals surface area contributed by atoms with Gasteiger partial charge in [0.2, 0.25) is 0 Å². The summed E-state index contributed by atoms with van der Waals surface area (Å²) in [6.45, 7) is 1.98. The number of nitrogens with one attached hydrogen (secondary N) is 1. The maximum atomic E-state index is 12.4. The van der Waals surface area contributed by atoms with E-state index >= 15 is 0 Å². The van der Waals surface area contributed by atoms with Gasteiger partial charge in [0.15, 0.2) is 0 Å². The van der Waals surface area contributed by atoms with Crippen molar-refractivity contribution in [2.24, 2.45) is 0 Å². The van der Waals surface area contributed by atoms with E-state index in [1.165, 1.54) is 5.56 Å². The van der Waals surface area contributed by atoms with E-state index in [0.717, 1.165) is 32.1 Å². The third-order valence-electron chi connectivity index (χ3n) is 4.40. The molecule has 0 radical (unpaired) electrons. The average molecular weight is 510 g/mol. The predicted octanol–water partition coefficient (Wildman–Crippen LogP) is 6.66. The van der Waals surface area contributed by atoms with Gasteiger partial charge in [-0.25, -0.2) is 0 Å². The van der Waals surface area contributed by atoms with Gasteiger partial charge in [-0.05, 0) is 60.4 Å². The van der Waals surface area contributed by atoms with Crippen LogP contribution in [-0.2, 0) is 11.2 Å². The summed E-state index contributed by atoms with van der Waals surface area (Å²) in [4.78, 5) is 12.4. The highest BCUT2D eigenvalue weighted by molar-refractivity contribution is 9.10. The van der Waals surface area contributed by atoms with Crippen molar-refractivity contribution in [3.63, 3.8) is 0 Å². The fraction of sp³-hybridized carbons (Fsp3) is 0.0833. The van der Waals surface area contributed by atoms with Gasteiger partial charge in [0.25, 0.3) is 5.91 Å². The van der Waals surface area contributed by atoms with E-state index in [2.05, 4.69) is 43.2 Å². The Kier molecular flexibility index (Phi) is 7.03. The third kappa shape index (κ3) is 5.66. The van der Waals surface area contributed by atoms with Gasteiger partial charge in [0, 0.05) is 14.6 Å². The van der Waals surface area contributed by atoms with Gasteiger partial charge >= 0.3 is 0 Å². The number of anilines is 1. The summed E-state index contributed by atoms with van der Waals surface area (Å²) in [5.41, 5.74) is 4.90. The quantitative estimate of drug-likeness (QED) is 0.309. The number of amides is 1. The number of benzene rings is 3. The van der Waals surface area contributed by atoms with Gasteiger partial charge in [-0.15, -0.1) is 0 Å². The number of aryl methyl sites for hydroxylation is 1. The zero-order valence-corrected chi connectivity index (χ0v) is 18.9. The summed E-state index contributed by atoms with van der Waals surface area (Å²) in [5.74, 6) is -0.426. The van der Waals surface area contributed by atoms with Crippen LogP contribution in [0.3, 0.4) is 0 Å². The molecule has 3 aromatic carbocycles. The maximum Gasteiger partial charge on any atom is 0.266 e. The molecule has 3 nitrogen and oxygen atoms in total. The average Bonchev–Trinajstić information content (AvgIpc) is 2.71. The van der Waals surface area contributed by atoms with E-state index in [9.17, 15) is 10.1 Å². The van der Waals surface area contributed by atoms with Crippen LogP contribution in [0.2, 0.25) is 0 Å². The SMILES string of the molecule is Cc1ccc(NC(=O)/C(C#N)=C/c2ccc(Cc3ccccc3Br)c(Br)c2)cc1. The molecule has 1 amide bonds. The smallest absolute Gasteiger partial charge is 0.266 e. The van der Waals surface area contributed by atoms with E-state index in [-0.39, 0.29) is 5.57 Å². The number of hydrogen-bond donors (Lipinski definition) is 1. The van der Waals surface area contributed by atoms with Crippen LogP contribution in [0.25, 0.3) is 6.08 Å². The minimum absolute atomic E-state index is 0.0519. The van der Waals surface area contributed by atoms with Crippen LogP contribution in [0.4, 0.5) is 5.69 Å². The van der Waals surface area contributed by atoms with Gasteiger partial charge in [0.05, 0.1) is 0 Å². The minimum atomic E-state index is -0.426. The van der Waals surface area contributed by atoms with E-state index in [1.54, 1.807) is 6.08 Å². The molecule has 0 heterocycles. The molecule has 5 heteroatoms. The summed E-state index contributed by atoms with van der Waals surface area (Å²) < 4.78 is 1.99. The summed E-state index contributed by atoms with van der Waals surface area (Å²) >= 11 is 7.19. The summed E-state index contributed by atoms with van der Waals surface area (Å²) in [6.07, 6.45) is 2.36. The first kappa shape index (κ1) is 21.0. The first-order valence-electron chi connectivity index (χ1n) is 8.98. The van der Waals surface area contributed by atoms with Crippen molar-refractivity contribution in [1.82, 2.24) is 0 Å². The second-order valence-electron chi connectivity index (χ2n) is 6.61. The summed E-state index contributed by atoms with van der Waals surface area (Å²) in [7, 11) is 0. The fourth-order valence-electron chi connectivity index (χ4n) is 2.79. The van der Waals surface area contributed by atoms with Crippen LogP contribution in [0.15, 0.2) is 81.2 Å². The van der Waals surface area contributed by atoms with Gasteiger partial charge in [-0.2, -0.15) is 5.26 Å². The topological polar surface area (TPSA) is 52.9 Å². The molecule has 0 aliphatic heterocycles. The van der Waals surface area contributed by atoms with E-state index in [4.69, 9.17) is 0 Å². The number of nitriles is 1. The Morgan fingerprint density at radius 2 is 1.69 bits per heavy atom. The van der Waals surface area contributed by atoms with Crippen LogP contribution in [0.1, 0.15) is 22.3 Å². The van der Waals surface area contributed by atoms with E-state index in [1.807, 2.05) is 73.7 Å². The highest BCUT2D eigenvalue weighted by Crippen LogP contribution is 2.26. The van der Waals surface area contributed by atoms with Crippen molar-refractivity contribution in [2.45, 2.75) is 13.3 Å². The van der Waals surface area contributed by atoms with Gasteiger partial charge in [-0.1, -0.05) is 79.9 Å². The molecule has 0 aliphatic carbocycles. The van der Waals surface area contributed by atoms with Crippen LogP contribution in [0, 0.1) is 18.3 Å². The molecule has 0 saturated carbocycles. The first-order valence-corrected chi connectivity index (χ1v) is 10.6. The Balaban J connectivity index is 1.78. The van der Waals surface area contributed by atoms with Gasteiger partial charge in [0.1, 0.15) is 11.6 Å². The molecule has 0 aromatic heterocycles. The molecule has 0 aliphatic rings. The molecule has 0 atom stereocenters. The Hall–Kier alpha value is -2.68. The highest BCUT2D eigenvalue weighted by Gasteiger charge is 2.11. The van der Waals surface area contributed by atoms with Crippen LogP contribution in [-0.4, -0.2) is 5.91 Å². The number of carbonyl (C=O) groups excluding carboxylic acids is 1. The lowest BCUT2D eigenvalue weighted by Crippen LogP contribution is -2.13. The second-order valence-corrected chi connectivity index (χ2v) is 8.32. The van der Waals surface area contributed by atoms with Gasteiger partial charge in [-0.3, -0.25) is 4.79 Å².